The molecule has 2 aliphatic rings. The maximum Gasteiger partial charge on any atom is 0.272 e. The van der Waals surface area contributed by atoms with Gasteiger partial charge in [0.1, 0.15) is 22.2 Å². The molecule has 8 nitrogen and oxygen atoms in total. The quantitative estimate of drug-likeness (QED) is 0.638. The van der Waals surface area contributed by atoms with Crippen LogP contribution in [0, 0.1) is 6.92 Å². The second kappa shape index (κ2) is 7.86. The maximum absolute atomic E-state index is 12.6. The Morgan fingerprint density at radius 1 is 0.867 bits per heavy atom. The Labute approximate surface area is 179 Å². The summed E-state index contributed by atoms with van der Waals surface area (Å²) < 4.78 is 2.40. The molecule has 0 atom stereocenters. The number of nitrogens with zero attached hydrogens (tertiary/aromatic N) is 7. The third kappa shape index (κ3) is 3.51. The topological polar surface area (TPSA) is 70.4 Å². The van der Waals surface area contributed by atoms with E-state index in [2.05, 4.69) is 20.8 Å². The van der Waals surface area contributed by atoms with E-state index in [4.69, 9.17) is 15.0 Å². The first-order valence-electron chi connectivity index (χ1n) is 10.6. The molecule has 0 saturated carbocycles. The Kier molecular flexibility index (Phi) is 5.06. The summed E-state index contributed by atoms with van der Waals surface area (Å²) in [5.74, 6) is 3.62. The summed E-state index contributed by atoms with van der Waals surface area (Å²) in [6, 6.07) is 4.06. The number of hydrogen-bond donors (Lipinski definition) is 0. The van der Waals surface area contributed by atoms with Gasteiger partial charge in [-0.25, -0.2) is 15.0 Å². The minimum absolute atomic E-state index is 0.0324. The zero-order chi connectivity index (χ0) is 20.7. The van der Waals surface area contributed by atoms with Gasteiger partial charge in [0, 0.05) is 52.4 Å². The highest BCUT2D eigenvalue weighted by atomic mass is 32.1. The van der Waals surface area contributed by atoms with Crippen LogP contribution in [-0.4, -0.2) is 58.8 Å². The van der Waals surface area contributed by atoms with E-state index in [9.17, 15) is 4.79 Å². The number of piperazine rings is 1. The number of anilines is 3. The zero-order valence-electron chi connectivity index (χ0n) is 17.5. The Hall–Kier alpha value is -2.68. The van der Waals surface area contributed by atoms with Gasteiger partial charge in [-0.05, 0) is 37.6 Å². The molecule has 0 aliphatic carbocycles. The number of fused-ring (bicyclic) bond motifs is 1. The summed E-state index contributed by atoms with van der Waals surface area (Å²) in [5.41, 5.74) is 0.822. The lowest BCUT2D eigenvalue weighted by atomic mass is 10.1. The van der Waals surface area contributed by atoms with Crippen molar-refractivity contribution in [3.8, 4) is 0 Å². The molecule has 0 aromatic carbocycles. The van der Waals surface area contributed by atoms with Crippen molar-refractivity contribution in [2.45, 2.75) is 26.2 Å². The molecule has 0 bridgehead atoms. The predicted molar refractivity (Wildman–Crippen MR) is 122 cm³/mol. The van der Waals surface area contributed by atoms with E-state index in [-0.39, 0.29) is 5.56 Å². The van der Waals surface area contributed by atoms with Crippen molar-refractivity contribution in [2.75, 3.05) is 54.0 Å². The molecule has 0 radical (unpaired) electrons. The molecule has 2 aliphatic heterocycles. The second-order valence-corrected chi connectivity index (χ2v) is 8.98. The molecule has 0 N–H and O–H groups in total. The Morgan fingerprint density at radius 3 is 2.20 bits per heavy atom. The average molecular weight is 426 g/mol. The van der Waals surface area contributed by atoms with Gasteiger partial charge in [-0.1, -0.05) is 0 Å². The molecule has 0 amide bonds. The van der Waals surface area contributed by atoms with Crippen LogP contribution < -0.4 is 20.3 Å². The van der Waals surface area contributed by atoms with Crippen LogP contribution in [-0.2, 0) is 7.05 Å². The van der Waals surface area contributed by atoms with Crippen molar-refractivity contribution >= 4 is 39.1 Å². The van der Waals surface area contributed by atoms with Gasteiger partial charge in [-0.3, -0.25) is 9.36 Å². The molecule has 3 aromatic heterocycles. The van der Waals surface area contributed by atoms with E-state index in [1.165, 1.54) is 30.6 Å². The minimum Gasteiger partial charge on any atom is -0.356 e. The fourth-order valence-corrected chi connectivity index (χ4v) is 5.18. The monoisotopic (exact) mass is 425 g/mol. The van der Waals surface area contributed by atoms with Crippen LogP contribution in [0.3, 0.4) is 0 Å². The highest BCUT2D eigenvalue weighted by Crippen LogP contribution is 2.24. The third-order valence-corrected chi connectivity index (χ3v) is 6.93. The third-order valence-electron chi connectivity index (χ3n) is 6.04. The summed E-state index contributed by atoms with van der Waals surface area (Å²) in [5, 5.41) is 1.93. The number of rotatable bonds is 3. The molecule has 9 heteroatoms. The largest absolute Gasteiger partial charge is 0.356 e. The average Bonchev–Trinajstić information content (AvgIpc) is 3.25. The summed E-state index contributed by atoms with van der Waals surface area (Å²) in [4.78, 5) is 33.7. The van der Waals surface area contributed by atoms with Gasteiger partial charge < -0.3 is 14.7 Å². The van der Waals surface area contributed by atoms with E-state index < -0.39 is 0 Å². The fourth-order valence-electron chi connectivity index (χ4n) is 4.38. The Morgan fingerprint density at radius 2 is 1.50 bits per heavy atom. The molecule has 5 heterocycles. The lowest BCUT2D eigenvalue weighted by molar-refractivity contribution is 0.571. The summed E-state index contributed by atoms with van der Waals surface area (Å²) in [6.07, 6.45) is 3.78. The van der Waals surface area contributed by atoms with E-state index >= 15 is 0 Å². The number of aryl methyl sites for hydroxylation is 1. The van der Waals surface area contributed by atoms with Crippen molar-refractivity contribution in [1.82, 2.24) is 19.5 Å². The highest BCUT2D eigenvalue weighted by molar-refractivity contribution is 7.17. The van der Waals surface area contributed by atoms with Crippen molar-refractivity contribution in [3.63, 3.8) is 0 Å². The number of thiophene rings is 1. The molecule has 2 saturated heterocycles. The first kappa shape index (κ1) is 19.3. The highest BCUT2D eigenvalue weighted by Gasteiger charge is 2.23. The molecule has 5 rings (SSSR count). The normalized spacial score (nSPS) is 17.7. The molecule has 0 unspecified atom stereocenters. The van der Waals surface area contributed by atoms with E-state index in [1.54, 1.807) is 4.57 Å². The zero-order valence-corrected chi connectivity index (χ0v) is 18.4. The second-order valence-electron chi connectivity index (χ2n) is 8.06. The van der Waals surface area contributed by atoms with Gasteiger partial charge >= 0.3 is 0 Å². The van der Waals surface area contributed by atoms with E-state index in [1.807, 2.05) is 25.4 Å². The lowest BCUT2D eigenvalue weighted by Crippen LogP contribution is -2.48. The van der Waals surface area contributed by atoms with Crippen LogP contribution in [0.25, 0.3) is 10.2 Å². The van der Waals surface area contributed by atoms with Crippen LogP contribution in [0.2, 0.25) is 0 Å². The number of piperidine rings is 1. The number of aromatic nitrogens is 4. The number of hydrogen-bond acceptors (Lipinski definition) is 8. The molecule has 2 fully saturated rings. The Bertz CT molecular complexity index is 1110. The standard InChI is InChI=1S/C21H27N7OS/c1-15-22-17(26-7-4-3-5-8-26)14-18(23-15)27-9-11-28(12-10-27)21-24-16-6-13-30-19(16)20(29)25(21)2/h6,13-14H,3-5,7-12H2,1-2H3. The maximum atomic E-state index is 12.6. The van der Waals surface area contributed by atoms with Gasteiger partial charge in [-0.15, -0.1) is 11.3 Å². The van der Waals surface area contributed by atoms with Crippen molar-refractivity contribution in [3.05, 3.63) is 33.7 Å². The van der Waals surface area contributed by atoms with Crippen LogP contribution in [0.5, 0.6) is 0 Å². The van der Waals surface area contributed by atoms with Crippen molar-refractivity contribution < 1.29 is 0 Å². The van der Waals surface area contributed by atoms with Gasteiger partial charge in [0.05, 0.1) is 5.52 Å². The first-order valence-corrected chi connectivity index (χ1v) is 11.5. The molecule has 3 aromatic rings. The first-order chi connectivity index (χ1) is 14.6. The van der Waals surface area contributed by atoms with Crippen LogP contribution >= 0.6 is 11.3 Å². The van der Waals surface area contributed by atoms with Crippen LogP contribution in [0.4, 0.5) is 17.6 Å². The van der Waals surface area contributed by atoms with Crippen LogP contribution in [0.1, 0.15) is 25.1 Å². The molecule has 30 heavy (non-hydrogen) atoms. The Balaban J connectivity index is 1.34. The summed E-state index contributed by atoms with van der Waals surface area (Å²) in [7, 11) is 1.81. The van der Waals surface area contributed by atoms with Gasteiger partial charge in [-0.2, -0.15) is 0 Å². The lowest BCUT2D eigenvalue weighted by Gasteiger charge is -2.37. The van der Waals surface area contributed by atoms with Crippen molar-refractivity contribution in [2.24, 2.45) is 7.05 Å². The van der Waals surface area contributed by atoms with E-state index in [0.717, 1.165) is 72.9 Å². The van der Waals surface area contributed by atoms with Gasteiger partial charge in [0.15, 0.2) is 0 Å². The molecule has 158 valence electrons. The predicted octanol–water partition coefficient (Wildman–Crippen LogP) is 2.41. The van der Waals surface area contributed by atoms with E-state index in [0.29, 0.717) is 0 Å². The van der Waals surface area contributed by atoms with Crippen LogP contribution in [0.15, 0.2) is 22.3 Å². The molecule has 0 spiro atoms. The molecular weight excluding hydrogens is 398 g/mol. The van der Waals surface area contributed by atoms with Crippen molar-refractivity contribution in [1.29, 1.82) is 0 Å². The SMILES string of the molecule is Cc1nc(N2CCCCC2)cc(N2CCN(c3nc4ccsc4c(=O)n3C)CC2)n1. The van der Waals surface area contributed by atoms with Gasteiger partial charge in [0.25, 0.3) is 5.56 Å². The smallest absolute Gasteiger partial charge is 0.272 e. The summed E-state index contributed by atoms with van der Waals surface area (Å²) >= 11 is 1.45. The fraction of sp³-hybridized carbons (Fsp3) is 0.524. The summed E-state index contributed by atoms with van der Waals surface area (Å²) in [6.45, 7) is 7.42. The minimum atomic E-state index is 0.0324. The molecular formula is C21H27N7OS. The van der Waals surface area contributed by atoms with Gasteiger partial charge in [0.2, 0.25) is 5.95 Å².